The number of aromatic nitrogens is 4. The van der Waals surface area contributed by atoms with Gasteiger partial charge in [0.1, 0.15) is 5.82 Å². The van der Waals surface area contributed by atoms with Gasteiger partial charge in [0.15, 0.2) is 0 Å². The number of hydrogen-bond donors (Lipinski definition) is 0. The van der Waals surface area contributed by atoms with Crippen LogP contribution in [0.3, 0.4) is 0 Å². The summed E-state index contributed by atoms with van der Waals surface area (Å²) in [6.07, 6.45) is -5.62. The molecule has 12 heteroatoms. The summed E-state index contributed by atoms with van der Waals surface area (Å²) in [6, 6.07) is 7.40. The van der Waals surface area contributed by atoms with Crippen molar-refractivity contribution in [3.05, 3.63) is 58.9 Å². The van der Waals surface area contributed by atoms with E-state index in [1.165, 1.54) is 12.1 Å². The van der Waals surface area contributed by atoms with Crippen LogP contribution in [-0.2, 0) is 10.9 Å². The van der Waals surface area contributed by atoms with Gasteiger partial charge in [-0.3, -0.25) is 0 Å². The Morgan fingerprint density at radius 3 is 2.43 bits per heavy atom. The van der Waals surface area contributed by atoms with E-state index in [1.54, 1.807) is 0 Å². The molecule has 0 saturated heterocycles. The van der Waals surface area contributed by atoms with Crippen LogP contribution in [0.25, 0.3) is 5.69 Å². The molecule has 1 heterocycles. The highest BCUT2D eigenvalue weighted by Gasteiger charge is 2.33. The smallest absolute Gasteiger partial charge is 0.421 e. The van der Waals surface area contributed by atoms with E-state index in [9.17, 15) is 22.4 Å². The van der Waals surface area contributed by atoms with Crippen LogP contribution < -0.4 is 4.90 Å². The van der Waals surface area contributed by atoms with Crippen LogP contribution in [0.4, 0.5) is 34.0 Å². The zero-order valence-electron chi connectivity index (χ0n) is 14.0. The second-order valence-corrected chi connectivity index (χ2v) is 5.74. The molecule has 0 N–H and O–H groups in total. The topological polar surface area (TPSA) is 73.1 Å². The maximum atomic E-state index is 13.2. The molecule has 0 fully saturated rings. The van der Waals surface area contributed by atoms with Gasteiger partial charge in [-0.1, -0.05) is 16.7 Å². The highest BCUT2D eigenvalue weighted by molar-refractivity contribution is 6.34. The largest absolute Gasteiger partial charge is 0.452 e. The Hall–Kier alpha value is -3.21. The van der Waals surface area contributed by atoms with Crippen LogP contribution in [0.15, 0.2) is 42.5 Å². The first-order valence-corrected chi connectivity index (χ1v) is 7.89. The van der Waals surface area contributed by atoms with Crippen LogP contribution in [0.5, 0.6) is 0 Å². The van der Waals surface area contributed by atoms with E-state index in [4.69, 9.17) is 16.3 Å². The van der Waals surface area contributed by atoms with E-state index in [0.29, 0.717) is 11.8 Å². The minimum absolute atomic E-state index is 0.139. The van der Waals surface area contributed by atoms with Crippen LogP contribution in [0, 0.1) is 5.82 Å². The van der Waals surface area contributed by atoms with Crippen molar-refractivity contribution >= 4 is 29.3 Å². The second kappa shape index (κ2) is 7.43. The number of amides is 1. The highest BCUT2D eigenvalue weighted by Crippen LogP contribution is 2.37. The molecule has 0 unspecified atom stereocenters. The first kappa shape index (κ1) is 19.5. The molecule has 0 atom stereocenters. The molecule has 3 rings (SSSR count). The molecule has 0 aliphatic rings. The van der Waals surface area contributed by atoms with Gasteiger partial charge >= 0.3 is 12.3 Å². The number of benzene rings is 2. The lowest BCUT2D eigenvalue weighted by Gasteiger charge is -2.21. The van der Waals surface area contributed by atoms with E-state index in [2.05, 4.69) is 15.5 Å². The van der Waals surface area contributed by atoms with Crippen molar-refractivity contribution in [2.75, 3.05) is 12.0 Å². The van der Waals surface area contributed by atoms with Gasteiger partial charge in [0.2, 0.25) is 0 Å². The quantitative estimate of drug-likeness (QED) is 0.594. The number of alkyl halides is 3. The number of rotatable bonds is 3. The van der Waals surface area contributed by atoms with Crippen LogP contribution in [0.1, 0.15) is 5.56 Å². The average molecular weight is 416 g/mol. The van der Waals surface area contributed by atoms with E-state index < -0.39 is 23.7 Å². The van der Waals surface area contributed by atoms with Crippen molar-refractivity contribution in [3.63, 3.8) is 0 Å². The van der Waals surface area contributed by atoms with Crippen LogP contribution in [0.2, 0.25) is 5.02 Å². The maximum Gasteiger partial charge on any atom is 0.421 e. The summed E-state index contributed by atoms with van der Waals surface area (Å²) in [7, 11) is 1.07. The third-order valence-corrected chi connectivity index (χ3v) is 3.90. The Kier molecular flexibility index (Phi) is 5.18. The van der Waals surface area contributed by atoms with Gasteiger partial charge in [-0.25, -0.2) is 14.1 Å². The fourth-order valence-electron chi connectivity index (χ4n) is 2.31. The van der Waals surface area contributed by atoms with Gasteiger partial charge in [-0.15, -0.1) is 0 Å². The van der Waals surface area contributed by atoms with Gasteiger partial charge in [-0.05, 0) is 52.9 Å². The summed E-state index contributed by atoms with van der Waals surface area (Å²) >= 11 is 5.99. The Morgan fingerprint density at radius 2 is 1.86 bits per heavy atom. The molecule has 0 radical (unpaired) electrons. The number of methoxy groups -OCH3 is 1. The number of ether oxygens (including phenoxy) is 1. The minimum Gasteiger partial charge on any atom is -0.452 e. The standard InChI is InChI=1S/C16H10ClF4N5O2/c1-28-15(27)25(13-7-2-9(8-12(13)17)16(19,20)21)14-22-23-24-26(14)11-5-3-10(18)4-6-11/h2-8H,1H3. The fourth-order valence-corrected chi connectivity index (χ4v) is 2.58. The molecule has 0 aliphatic carbocycles. The van der Waals surface area contributed by atoms with Gasteiger partial charge in [-0.2, -0.15) is 17.9 Å². The molecule has 1 amide bonds. The lowest BCUT2D eigenvalue weighted by atomic mass is 10.2. The van der Waals surface area contributed by atoms with Crippen molar-refractivity contribution in [1.82, 2.24) is 20.2 Å². The molecule has 2 aromatic carbocycles. The molecular formula is C16H10ClF4N5O2. The number of carbonyl (C=O) groups is 1. The number of carbonyl (C=O) groups excluding carboxylic acids is 1. The van der Waals surface area contributed by atoms with Crippen LogP contribution >= 0.6 is 11.6 Å². The SMILES string of the molecule is COC(=O)N(c1ccc(C(F)(F)F)cc1Cl)c1nnnn1-c1ccc(F)cc1. The Balaban J connectivity index is 2.12. The Labute approximate surface area is 160 Å². The lowest BCUT2D eigenvalue weighted by molar-refractivity contribution is -0.137. The third-order valence-electron chi connectivity index (χ3n) is 3.60. The maximum absolute atomic E-state index is 13.2. The Morgan fingerprint density at radius 1 is 1.18 bits per heavy atom. The Bertz CT molecular complexity index is 1010. The van der Waals surface area contributed by atoms with E-state index in [0.717, 1.165) is 41.0 Å². The van der Waals surface area contributed by atoms with E-state index in [1.807, 2.05) is 0 Å². The first-order valence-electron chi connectivity index (χ1n) is 7.51. The predicted molar refractivity (Wildman–Crippen MR) is 90.1 cm³/mol. The van der Waals surface area contributed by atoms with Crippen LogP contribution in [-0.4, -0.2) is 33.4 Å². The summed E-state index contributed by atoms with van der Waals surface area (Å²) in [5.41, 5.74) is -0.845. The van der Waals surface area contributed by atoms with Crippen molar-refractivity contribution < 1.29 is 27.1 Å². The number of halogens is 5. The molecular weight excluding hydrogens is 406 g/mol. The summed E-state index contributed by atoms with van der Waals surface area (Å²) in [5.74, 6) is -0.728. The molecule has 3 aromatic rings. The molecule has 28 heavy (non-hydrogen) atoms. The van der Waals surface area contributed by atoms with Gasteiger partial charge in [0, 0.05) is 0 Å². The van der Waals surface area contributed by atoms with E-state index >= 15 is 0 Å². The number of nitrogens with zero attached hydrogens (tertiary/aromatic N) is 5. The van der Waals surface area contributed by atoms with E-state index in [-0.39, 0.29) is 16.7 Å². The number of hydrogen-bond acceptors (Lipinski definition) is 5. The van der Waals surface area contributed by atoms with Crippen molar-refractivity contribution in [1.29, 1.82) is 0 Å². The van der Waals surface area contributed by atoms with Gasteiger partial charge in [0.05, 0.1) is 29.1 Å². The first-order chi connectivity index (χ1) is 13.2. The molecule has 0 spiro atoms. The highest BCUT2D eigenvalue weighted by atomic mass is 35.5. The summed E-state index contributed by atoms with van der Waals surface area (Å²) in [6.45, 7) is 0. The average Bonchev–Trinajstić information content (AvgIpc) is 3.12. The normalized spacial score (nSPS) is 11.4. The molecule has 0 aliphatic heterocycles. The summed E-state index contributed by atoms with van der Waals surface area (Å²) < 4.78 is 57.6. The number of anilines is 2. The molecule has 0 bridgehead atoms. The minimum atomic E-state index is -4.62. The molecule has 1 aromatic heterocycles. The zero-order valence-corrected chi connectivity index (χ0v) is 14.7. The second-order valence-electron chi connectivity index (χ2n) is 5.34. The predicted octanol–water partition coefficient (Wildman–Crippen LogP) is 4.38. The molecule has 0 saturated carbocycles. The lowest BCUT2D eigenvalue weighted by Crippen LogP contribution is -2.29. The van der Waals surface area contributed by atoms with Gasteiger partial charge < -0.3 is 4.74 Å². The molecule has 146 valence electrons. The van der Waals surface area contributed by atoms with Crippen molar-refractivity contribution in [3.8, 4) is 5.69 Å². The zero-order chi connectivity index (χ0) is 20.5. The summed E-state index contributed by atoms with van der Waals surface area (Å²) in [5, 5.41) is 10.5. The molecule has 7 nitrogen and oxygen atoms in total. The monoisotopic (exact) mass is 415 g/mol. The number of tetrazole rings is 1. The third kappa shape index (κ3) is 3.74. The summed E-state index contributed by atoms with van der Waals surface area (Å²) in [4.78, 5) is 13.1. The van der Waals surface area contributed by atoms with Crippen molar-refractivity contribution in [2.24, 2.45) is 0 Å². The fraction of sp³-hybridized carbons (Fsp3) is 0.125. The van der Waals surface area contributed by atoms with Gasteiger partial charge in [0.25, 0.3) is 5.95 Å². The van der Waals surface area contributed by atoms with Crippen molar-refractivity contribution in [2.45, 2.75) is 6.18 Å².